The average Bonchev–Trinajstić information content (AvgIpc) is 2.69. The van der Waals surface area contributed by atoms with Crippen molar-refractivity contribution in [2.45, 2.75) is 18.4 Å². The van der Waals surface area contributed by atoms with Gasteiger partial charge in [-0.05, 0) is 43.3 Å². The maximum atomic E-state index is 13.4. The lowest BCUT2D eigenvalue weighted by Crippen LogP contribution is -2.47. The maximum absolute atomic E-state index is 13.4. The summed E-state index contributed by atoms with van der Waals surface area (Å²) in [5.41, 5.74) is 1.12. The molecule has 0 amide bonds. The summed E-state index contributed by atoms with van der Waals surface area (Å²) in [4.78, 5) is 12.8. The molecule has 1 saturated heterocycles. The van der Waals surface area contributed by atoms with E-state index in [-0.39, 0.29) is 28.6 Å². The van der Waals surface area contributed by atoms with Crippen LogP contribution in [0.5, 0.6) is 0 Å². The predicted octanol–water partition coefficient (Wildman–Crippen LogP) is 2.59. The van der Waals surface area contributed by atoms with Crippen molar-refractivity contribution in [2.24, 2.45) is 0 Å². The fraction of sp³-hybridized carbons (Fsp3) is 0.368. The molecule has 1 fully saturated rings. The quantitative estimate of drug-likeness (QED) is 0.568. The maximum Gasteiger partial charge on any atom is 0.293 e. The first-order chi connectivity index (χ1) is 13.7. The zero-order chi connectivity index (χ0) is 21.2. The van der Waals surface area contributed by atoms with Gasteiger partial charge in [-0.25, -0.2) is 12.8 Å². The van der Waals surface area contributed by atoms with E-state index in [9.17, 15) is 22.9 Å². The highest BCUT2D eigenvalue weighted by Gasteiger charge is 2.29. The first-order valence-electron chi connectivity index (χ1n) is 9.14. The summed E-state index contributed by atoms with van der Waals surface area (Å²) in [6.07, 6.45) is 0. The first-order valence-corrected chi connectivity index (χ1v) is 10.6. The van der Waals surface area contributed by atoms with Crippen molar-refractivity contribution in [3.8, 4) is 0 Å². The van der Waals surface area contributed by atoms with Crippen molar-refractivity contribution in [3.63, 3.8) is 0 Å². The number of likely N-dealkylation sites (N-methyl/N-ethyl adjacent to an activating group) is 1. The number of benzene rings is 2. The summed E-state index contributed by atoms with van der Waals surface area (Å²) in [6, 6.07) is 8.45. The Morgan fingerprint density at radius 1 is 1.14 bits per heavy atom. The van der Waals surface area contributed by atoms with Crippen LogP contribution in [0.4, 0.5) is 15.8 Å². The van der Waals surface area contributed by atoms with Gasteiger partial charge in [-0.2, -0.15) is 4.31 Å². The van der Waals surface area contributed by atoms with Crippen LogP contribution in [0.2, 0.25) is 0 Å². The molecule has 0 bridgehead atoms. The number of halogens is 1. The van der Waals surface area contributed by atoms with E-state index in [0.717, 1.165) is 11.6 Å². The van der Waals surface area contributed by atoms with Gasteiger partial charge in [-0.3, -0.25) is 10.1 Å². The highest BCUT2D eigenvalue weighted by molar-refractivity contribution is 7.89. The second kappa shape index (κ2) is 8.44. The van der Waals surface area contributed by atoms with E-state index >= 15 is 0 Å². The largest absolute Gasteiger partial charge is 0.375 e. The summed E-state index contributed by atoms with van der Waals surface area (Å²) in [5.74, 6) is -0.321. The number of sulfonamides is 1. The third-order valence-corrected chi connectivity index (χ3v) is 6.87. The summed E-state index contributed by atoms with van der Waals surface area (Å²) >= 11 is 0. The SMILES string of the molecule is Cc1cc(CNc2ccc(S(=O)(=O)N3CCN(C)CC3)cc2[N+](=O)[O-])ccc1F. The molecule has 0 atom stereocenters. The second-order valence-corrected chi connectivity index (χ2v) is 9.02. The smallest absolute Gasteiger partial charge is 0.293 e. The highest BCUT2D eigenvalue weighted by Crippen LogP contribution is 2.30. The molecular formula is C19H23FN4O4S. The molecule has 0 aromatic heterocycles. The van der Waals surface area contributed by atoms with Crippen LogP contribution >= 0.6 is 0 Å². The second-order valence-electron chi connectivity index (χ2n) is 7.08. The molecule has 29 heavy (non-hydrogen) atoms. The minimum Gasteiger partial charge on any atom is -0.375 e. The van der Waals surface area contributed by atoms with Crippen LogP contribution < -0.4 is 5.32 Å². The van der Waals surface area contributed by atoms with Crippen LogP contribution in [0.15, 0.2) is 41.3 Å². The fourth-order valence-electron chi connectivity index (χ4n) is 3.16. The topological polar surface area (TPSA) is 95.8 Å². The Hall–Kier alpha value is -2.56. The third kappa shape index (κ3) is 4.72. The van der Waals surface area contributed by atoms with Gasteiger partial charge in [-0.1, -0.05) is 12.1 Å². The highest BCUT2D eigenvalue weighted by atomic mass is 32.2. The number of hydrogen-bond donors (Lipinski definition) is 1. The molecule has 0 spiro atoms. The number of anilines is 1. The molecular weight excluding hydrogens is 399 g/mol. The van der Waals surface area contributed by atoms with Crippen LogP contribution in [0.3, 0.4) is 0 Å². The molecule has 10 heteroatoms. The lowest BCUT2D eigenvalue weighted by Gasteiger charge is -2.31. The molecule has 0 aliphatic carbocycles. The van der Waals surface area contributed by atoms with Gasteiger partial charge in [0.2, 0.25) is 10.0 Å². The third-order valence-electron chi connectivity index (χ3n) is 4.97. The number of nitro groups is 1. The zero-order valence-electron chi connectivity index (χ0n) is 16.3. The van der Waals surface area contributed by atoms with Crippen molar-refractivity contribution >= 4 is 21.4 Å². The van der Waals surface area contributed by atoms with Crippen molar-refractivity contribution < 1.29 is 17.7 Å². The first kappa shape index (κ1) is 21.2. The molecule has 2 aromatic carbocycles. The molecule has 1 N–H and O–H groups in total. The summed E-state index contributed by atoms with van der Waals surface area (Å²) < 4.78 is 40.5. The minimum absolute atomic E-state index is 0.100. The van der Waals surface area contributed by atoms with E-state index < -0.39 is 14.9 Å². The Labute approximate surface area is 169 Å². The number of rotatable bonds is 6. The van der Waals surface area contributed by atoms with Crippen LogP contribution in [-0.2, 0) is 16.6 Å². The van der Waals surface area contributed by atoms with Crippen molar-refractivity contribution in [2.75, 3.05) is 38.5 Å². The fourth-order valence-corrected chi connectivity index (χ4v) is 4.61. The standard InChI is InChI=1S/C19H23FN4O4S/c1-14-11-15(3-5-17(14)20)13-21-18-6-4-16(12-19(18)24(25)26)29(27,28)23-9-7-22(2)8-10-23/h3-6,11-12,21H,7-10,13H2,1-2H3. The molecule has 156 valence electrons. The van der Waals surface area contributed by atoms with Gasteiger partial charge >= 0.3 is 0 Å². The minimum atomic E-state index is -3.80. The number of piperazine rings is 1. The van der Waals surface area contributed by atoms with Gasteiger partial charge in [0.1, 0.15) is 11.5 Å². The van der Waals surface area contributed by atoms with Gasteiger partial charge in [0.05, 0.1) is 9.82 Å². The number of aryl methyl sites for hydroxylation is 1. The summed E-state index contributed by atoms with van der Waals surface area (Å²) in [5, 5.41) is 14.5. The molecule has 3 rings (SSSR count). The van der Waals surface area contributed by atoms with Crippen molar-refractivity contribution in [1.82, 2.24) is 9.21 Å². The number of nitro benzene ring substituents is 1. The van der Waals surface area contributed by atoms with E-state index in [0.29, 0.717) is 31.7 Å². The molecule has 1 heterocycles. The van der Waals surface area contributed by atoms with E-state index in [1.807, 2.05) is 11.9 Å². The number of nitrogens with one attached hydrogen (secondary N) is 1. The van der Waals surface area contributed by atoms with Crippen LogP contribution in [-0.4, -0.2) is 55.8 Å². The summed E-state index contributed by atoms with van der Waals surface area (Å²) in [6.45, 7) is 3.79. The van der Waals surface area contributed by atoms with Gasteiger partial charge in [0, 0.05) is 38.8 Å². The van der Waals surface area contributed by atoms with Crippen LogP contribution in [0, 0.1) is 22.9 Å². The van der Waals surface area contributed by atoms with E-state index in [1.165, 1.54) is 22.5 Å². The van der Waals surface area contributed by atoms with E-state index in [2.05, 4.69) is 5.32 Å². The van der Waals surface area contributed by atoms with Crippen molar-refractivity contribution in [1.29, 1.82) is 0 Å². The Bertz CT molecular complexity index is 1020. The number of hydrogen-bond acceptors (Lipinski definition) is 6. The van der Waals surface area contributed by atoms with Gasteiger partial charge in [0.25, 0.3) is 5.69 Å². The average molecular weight is 422 g/mol. The predicted molar refractivity (Wildman–Crippen MR) is 108 cm³/mol. The van der Waals surface area contributed by atoms with Gasteiger partial charge < -0.3 is 10.2 Å². The normalized spacial score (nSPS) is 16.0. The molecule has 1 aliphatic rings. The lowest BCUT2D eigenvalue weighted by atomic mass is 10.1. The van der Waals surface area contributed by atoms with Gasteiger partial charge in [-0.15, -0.1) is 0 Å². The summed E-state index contributed by atoms with van der Waals surface area (Å²) in [7, 11) is -1.89. The molecule has 1 aliphatic heterocycles. The Kier molecular flexibility index (Phi) is 6.15. The Morgan fingerprint density at radius 2 is 1.83 bits per heavy atom. The Balaban J connectivity index is 1.83. The lowest BCUT2D eigenvalue weighted by molar-refractivity contribution is -0.384. The van der Waals surface area contributed by atoms with Crippen LogP contribution in [0.25, 0.3) is 0 Å². The number of nitrogens with zero attached hydrogens (tertiary/aromatic N) is 3. The molecule has 8 nitrogen and oxygen atoms in total. The monoisotopic (exact) mass is 422 g/mol. The van der Waals surface area contributed by atoms with Gasteiger partial charge in [0.15, 0.2) is 0 Å². The van der Waals surface area contributed by atoms with E-state index in [1.54, 1.807) is 19.1 Å². The van der Waals surface area contributed by atoms with E-state index in [4.69, 9.17) is 0 Å². The molecule has 0 unspecified atom stereocenters. The zero-order valence-corrected chi connectivity index (χ0v) is 17.1. The molecule has 2 aromatic rings. The van der Waals surface area contributed by atoms with Crippen molar-refractivity contribution in [3.05, 3.63) is 63.5 Å². The van der Waals surface area contributed by atoms with Crippen LogP contribution in [0.1, 0.15) is 11.1 Å². The Morgan fingerprint density at radius 3 is 2.45 bits per heavy atom. The molecule has 0 saturated carbocycles. The molecule has 0 radical (unpaired) electrons.